The summed E-state index contributed by atoms with van der Waals surface area (Å²) in [5.41, 5.74) is 2.89. The highest BCUT2D eigenvalue weighted by atomic mass is 16.1. The van der Waals surface area contributed by atoms with Crippen molar-refractivity contribution >= 4 is 22.4 Å². The first-order valence-corrected chi connectivity index (χ1v) is 6.44. The Morgan fingerprint density at radius 3 is 2.58 bits per heavy atom. The predicted octanol–water partition coefficient (Wildman–Crippen LogP) is 2.70. The van der Waals surface area contributed by atoms with Gasteiger partial charge in [-0.1, -0.05) is 36.4 Å². The summed E-state index contributed by atoms with van der Waals surface area (Å²) in [5.74, 6) is -0.00662. The number of nitrogens with one attached hydrogen (secondary N) is 2. The molecule has 3 heteroatoms. The van der Waals surface area contributed by atoms with Gasteiger partial charge >= 0.3 is 0 Å². The van der Waals surface area contributed by atoms with Crippen LogP contribution >= 0.6 is 0 Å². The summed E-state index contributed by atoms with van der Waals surface area (Å²) in [7, 11) is 0. The second-order valence-corrected chi connectivity index (χ2v) is 4.81. The Morgan fingerprint density at radius 1 is 1.11 bits per heavy atom. The van der Waals surface area contributed by atoms with Gasteiger partial charge in [-0.05, 0) is 23.9 Å². The van der Waals surface area contributed by atoms with Crippen molar-refractivity contribution in [1.29, 1.82) is 0 Å². The molecule has 1 fully saturated rings. The van der Waals surface area contributed by atoms with Crippen molar-refractivity contribution in [2.75, 3.05) is 18.4 Å². The third kappa shape index (κ3) is 2.25. The van der Waals surface area contributed by atoms with E-state index in [0.29, 0.717) is 0 Å². The minimum atomic E-state index is -0.00662. The highest BCUT2D eigenvalue weighted by Gasteiger charge is 2.16. The SMILES string of the molecule is CC(C(=O)Nc1cccc2ccccc12)=C1CNC1. The predicted molar refractivity (Wildman–Crippen MR) is 78.1 cm³/mol. The van der Waals surface area contributed by atoms with Crippen LogP contribution in [0.4, 0.5) is 5.69 Å². The van der Waals surface area contributed by atoms with Crippen molar-refractivity contribution in [2.24, 2.45) is 0 Å². The quantitative estimate of drug-likeness (QED) is 0.807. The van der Waals surface area contributed by atoms with Gasteiger partial charge in [0.05, 0.1) is 0 Å². The van der Waals surface area contributed by atoms with Gasteiger partial charge in [0.15, 0.2) is 0 Å². The Kier molecular flexibility index (Phi) is 3.05. The van der Waals surface area contributed by atoms with Gasteiger partial charge in [0.1, 0.15) is 0 Å². The maximum Gasteiger partial charge on any atom is 0.251 e. The maximum atomic E-state index is 12.2. The first-order valence-electron chi connectivity index (χ1n) is 6.44. The van der Waals surface area contributed by atoms with E-state index in [1.54, 1.807) is 0 Å². The molecular weight excluding hydrogens is 236 g/mol. The molecule has 3 nitrogen and oxygen atoms in total. The number of amides is 1. The summed E-state index contributed by atoms with van der Waals surface area (Å²) in [6, 6.07) is 14.0. The highest BCUT2D eigenvalue weighted by molar-refractivity contribution is 6.08. The van der Waals surface area contributed by atoms with Crippen molar-refractivity contribution in [2.45, 2.75) is 6.92 Å². The highest BCUT2D eigenvalue weighted by Crippen LogP contribution is 2.23. The monoisotopic (exact) mass is 252 g/mol. The van der Waals surface area contributed by atoms with E-state index in [0.717, 1.165) is 35.1 Å². The number of benzene rings is 2. The maximum absolute atomic E-state index is 12.2. The molecular formula is C16H16N2O. The van der Waals surface area contributed by atoms with Gasteiger partial charge in [-0.15, -0.1) is 0 Å². The van der Waals surface area contributed by atoms with Crippen LogP contribution in [0.5, 0.6) is 0 Å². The Hall–Kier alpha value is -2.13. The zero-order valence-electron chi connectivity index (χ0n) is 10.9. The number of fused-ring (bicyclic) bond motifs is 1. The van der Waals surface area contributed by atoms with Crippen LogP contribution in [-0.2, 0) is 4.79 Å². The Balaban J connectivity index is 1.91. The number of hydrogen-bond acceptors (Lipinski definition) is 2. The van der Waals surface area contributed by atoms with E-state index in [1.807, 2.05) is 49.4 Å². The minimum Gasteiger partial charge on any atom is -0.322 e. The topological polar surface area (TPSA) is 41.1 Å². The summed E-state index contributed by atoms with van der Waals surface area (Å²) in [5, 5.41) is 8.37. The van der Waals surface area contributed by atoms with Crippen LogP contribution in [0.15, 0.2) is 53.6 Å². The Bertz CT molecular complexity index is 662. The lowest BCUT2D eigenvalue weighted by atomic mass is 10.0. The first kappa shape index (κ1) is 11.9. The van der Waals surface area contributed by atoms with E-state index >= 15 is 0 Å². The molecule has 0 radical (unpaired) electrons. The second-order valence-electron chi connectivity index (χ2n) is 4.81. The fourth-order valence-electron chi connectivity index (χ4n) is 2.23. The molecule has 96 valence electrons. The van der Waals surface area contributed by atoms with Crippen molar-refractivity contribution in [1.82, 2.24) is 5.32 Å². The standard InChI is InChI=1S/C16H16N2O/c1-11(13-9-17-10-13)16(19)18-15-8-4-6-12-5-2-3-7-14(12)15/h2-8,17H,9-10H2,1H3,(H,18,19). The van der Waals surface area contributed by atoms with Crippen molar-refractivity contribution < 1.29 is 4.79 Å². The molecule has 0 aromatic heterocycles. The van der Waals surface area contributed by atoms with Crippen molar-refractivity contribution in [3.05, 3.63) is 53.6 Å². The Labute approximate surface area is 112 Å². The molecule has 3 rings (SSSR count). The van der Waals surface area contributed by atoms with Gasteiger partial charge in [0.25, 0.3) is 5.91 Å². The molecule has 2 aromatic rings. The van der Waals surface area contributed by atoms with Gasteiger partial charge in [-0.25, -0.2) is 0 Å². The van der Waals surface area contributed by atoms with Crippen LogP contribution in [0.3, 0.4) is 0 Å². The van der Waals surface area contributed by atoms with E-state index in [4.69, 9.17) is 0 Å². The van der Waals surface area contributed by atoms with Crippen LogP contribution in [0.2, 0.25) is 0 Å². The van der Waals surface area contributed by atoms with E-state index < -0.39 is 0 Å². The number of rotatable bonds is 2. The third-order valence-corrected chi connectivity index (χ3v) is 3.59. The average molecular weight is 252 g/mol. The first-order chi connectivity index (χ1) is 9.25. The molecule has 0 spiro atoms. The lowest BCUT2D eigenvalue weighted by Gasteiger charge is -2.21. The smallest absolute Gasteiger partial charge is 0.251 e. The summed E-state index contributed by atoms with van der Waals surface area (Å²) in [6.45, 7) is 3.54. The molecule has 1 aliphatic heterocycles. The van der Waals surface area contributed by atoms with Crippen LogP contribution in [-0.4, -0.2) is 19.0 Å². The molecule has 2 N–H and O–H groups in total. The number of carbonyl (C=O) groups excluding carboxylic acids is 1. The molecule has 1 amide bonds. The van der Waals surface area contributed by atoms with Crippen LogP contribution in [0.25, 0.3) is 10.8 Å². The van der Waals surface area contributed by atoms with Crippen LogP contribution < -0.4 is 10.6 Å². The summed E-state index contributed by atoms with van der Waals surface area (Å²) in [4.78, 5) is 12.2. The zero-order valence-corrected chi connectivity index (χ0v) is 10.9. The van der Waals surface area contributed by atoms with E-state index in [9.17, 15) is 4.79 Å². The van der Waals surface area contributed by atoms with Gasteiger partial charge in [-0.3, -0.25) is 4.79 Å². The molecule has 0 aliphatic carbocycles. The molecule has 1 aliphatic rings. The summed E-state index contributed by atoms with van der Waals surface area (Å²) in [6.07, 6.45) is 0. The number of anilines is 1. The Morgan fingerprint density at radius 2 is 1.84 bits per heavy atom. The summed E-state index contributed by atoms with van der Waals surface area (Å²) < 4.78 is 0. The third-order valence-electron chi connectivity index (χ3n) is 3.59. The molecule has 0 bridgehead atoms. The number of hydrogen-bond donors (Lipinski definition) is 2. The van der Waals surface area contributed by atoms with E-state index in [-0.39, 0.29) is 5.91 Å². The van der Waals surface area contributed by atoms with Crippen molar-refractivity contribution in [3.8, 4) is 0 Å². The van der Waals surface area contributed by atoms with E-state index in [2.05, 4.69) is 10.6 Å². The fourth-order valence-corrected chi connectivity index (χ4v) is 2.23. The molecule has 0 atom stereocenters. The largest absolute Gasteiger partial charge is 0.322 e. The molecule has 2 aromatic carbocycles. The average Bonchev–Trinajstić information content (AvgIpc) is 2.37. The number of carbonyl (C=O) groups is 1. The summed E-state index contributed by atoms with van der Waals surface area (Å²) >= 11 is 0. The van der Waals surface area contributed by atoms with Gasteiger partial charge in [0.2, 0.25) is 0 Å². The van der Waals surface area contributed by atoms with Crippen LogP contribution in [0.1, 0.15) is 6.92 Å². The van der Waals surface area contributed by atoms with Gasteiger partial charge < -0.3 is 10.6 Å². The fraction of sp³-hybridized carbons (Fsp3) is 0.188. The molecule has 0 unspecified atom stereocenters. The normalized spacial score (nSPS) is 14.1. The lowest BCUT2D eigenvalue weighted by molar-refractivity contribution is -0.112. The molecule has 1 saturated heterocycles. The zero-order chi connectivity index (χ0) is 13.2. The second kappa shape index (κ2) is 4.86. The van der Waals surface area contributed by atoms with Gasteiger partial charge in [-0.2, -0.15) is 0 Å². The molecule has 19 heavy (non-hydrogen) atoms. The van der Waals surface area contributed by atoms with E-state index in [1.165, 1.54) is 5.57 Å². The minimum absolute atomic E-state index is 0.00662. The van der Waals surface area contributed by atoms with Gasteiger partial charge in [0, 0.05) is 29.7 Å². The lowest BCUT2D eigenvalue weighted by Crippen LogP contribution is -2.36. The molecule has 0 saturated carbocycles. The van der Waals surface area contributed by atoms with Crippen molar-refractivity contribution in [3.63, 3.8) is 0 Å². The van der Waals surface area contributed by atoms with Crippen LogP contribution in [0, 0.1) is 0 Å². The molecule has 1 heterocycles.